The van der Waals surface area contributed by atoms with Gasteiger partial charge in [0.05, 0.1) is 0 Å². The molecule has 7 heteroatoms. The number of rotatable bonds is 3. The van der Waals surface area contributed by atoms with Gasteiger partial charge < -0.3 is 20.1 Å². The zero-order chi connectivity index (χ0) is 17.4. The SMILES string of the molecule is OB(O)c1ccccc1-c1ccccc1.OB(O)c1cccnc1. The van der Waals surface area contributed by atoms with Crippen molar-refractivity contribution in [1.29, 1.82) is 0 Å². The molecule has 0 amide bonds. The summed E-state index contributed by atoms with van der Waals surface area (Å²) in [6.45, 7) is 0. The van der Waals surface area contributed by atoms with Gasteiger partial charge in [-0.15, -0.1) is 0 Å². The van der Waals surface area contributed by atoms with Crippen LogP contribution >= 0.6 is 0 Å². The van der Waals surface area contributed by atoms with E-state index >= 15 is 0 Å². The van der Waals surface area contributed by atoms with Gasteiger partial charge in [0.2, 0.25) is 0 Å². The summed E-state index contributed by atoms with van der Waals surface area (Å²) in [5, 5.41) is 35.5. The Morgan fingerprint density at radius 2 is 1.33 bits per heavy atom. The number of aromatic nitrogens is 1. The number of pyridine rings is 1. The smallest absolute Gasteiger partial charge is 0.423 e. The first-order chi connectivity index (χ1) is 11.6. The highest BCUT2D eigenvalue weighted by Gasteiger charge is 2.15. The minimum absolute atomic E-state index is 0.414. The lowest BCUT2D eigenvalue weighted by atomic mass is 9.75. The maximum atomic E-state index is 9.22. The van der Waals surface area contributed by atoms with E-state index in [9.17, 15) is 10.0 Å². The largest absolute Gasteiger partial charge is 0.490 e. The highest BCUT2D eigenvalue weighted by atomic mass is 16.4. The van der Waals surface area contributed by atoms with E-state index in [1.165, 1.54) is 6.20 Å². The van der Waals surface area contributed by atoms with Gasteiger partial charge in [0.15, 0.2) is 0 Å². The highest BCUT2D eigenvalue weighted by molar-refractivity contribution is 6.60. The van der Waals surface area contributed by atoms with Crippen LogP contribution in [0.2, 0.25) is 0 Å². The highest BCUT2D eigenvalue weighted by Crippen LogP contribution is 2.16. The molecule has 0 aliphatic rings. The summed E-state index contributed by atoms with van der Waals surface area (Å²) in [6.07, 6.45) is 2.98. The fraction of sp³-hybridized carbons (Fsp3) is 0. The third-order valence-corrected chi connectivity index (χ3v) is 3.31. The molecule has 0 radical (unpaired) electrons. The Hall–Kier alpha value is -2.44. The molecule has 0 fully saturated rings. The van der Waals surface area contributed by atoms with Crippen LogP contribution in [-0.4, -0.2) is 39.3 Å². The predicted octanol–water partition coefficient (Wildman–Crippen LogP) is -0.205. The summed E-state index contributed by atoms with van der Waals surface area (Å²) in [5.74, 6) is 0. The number of benzene rings is 2. The lowest BCUT2D eigenvalue weighted by Gasteiger charge is -2.08. The summed E-state index contributed by atoms with van der Waals surface area (Å²) in [4.78, 5) is 3.69. The second kappa shape index (κ2) is 9.00. The van der Waals surface area contributed by atoms with Crippen molar-refractivity contribution in [2.75, 3.05) is 0 Å². The van der Waals surface area contributed by atoms with E-state index in [1.54, 1.807) is 30.5 Å². The van der Waals surface area contributed by atoms with Gasteiger partial charge in [0.1, 0.15) is 0 Å². The molecule has 0 spiro atoms. The number of hydrogen-bond donors (Lipinski definition) is 4. The van der Waals surface area contributed by atoms with Gasteiger partial charge in [-0.3, -0.25) is 4.98 Å². The number of nitrogens with zero attached hydrogens (tertiary/aromatic N) is 1. The molecule has 2 aromatic carbocycles. The van der Waals surface area contributed by atoms with Crippen molar-refractivity contribution in [2.24, 2.45) is 0 Å². The van der Waals surface area contributed by atoms with Crippen LogP contribution in [0.3, 0.4) is 0 Å². The summed E-state index contributed by atoms with van der Waals surface area (Å²) in [6, 6.07) is 20.2. The van der Waals surface area contributed by atoms with Crippen LogP contribution in [0, 0.1) is 0 Å². The lowest BCUT2D eigenvalue weighted by Crippen LogP contribution is -2.31. The molecule has 0 bridgehead atoms. The molecule has 1 heterocycles. The maximum absolute atomic E-state index is 9.22. The Kier molecular flexibility index (Phi) is 6.72. The Labute approximate surface area is 141 Å². The molecule has 4 N–H and O–H groups in total. The molecule has 3 rings (SSSR count). The van der Waals surface area contributed by atoms with Gasteiger partial charge >= 0.3 is 14.2 Å². The van der Waals surface area contributed by atoms with Gasteiger partial charge in [-0.1, -0.05) is 60.7 Å². The van der Waals surface area contributed by atoms with Crippen molar-refractivity contribution in [2.45, 2.75) is 0 Å². The molecule has 0 aliphatic heterocycles. The normalized spacial score (nSPS) is 9.67. The summed E-state index contributed by atoms with van der Waals surface area (Å²) >= 11 is 0. The van der Waals surface area contributed by atoms with Crippen LogP contribution < -0.4 is 10.9 Å². The molecule has 1 aromatic heterocycles. The first kappa shape index (κ1) is 17.9. The van der Waals surface area contributed by atoms with Gasteiger partial charge in [0, 0.05) is 17.9 Å². The van der Waals surface area contributed by atoms with Crippen molar-refractivity contribution < 1.29 is 20.1 Å². The Morgan fingerprint density at radius 1 is 0.667 bits per heavy atom. The molecule has 0 saturated heterocycles. The molecular formula is C17H17B2NO4. The van der Waals surface area contributed by atoms with Gasteiger partial charge in [-0.2, -0.15) is 0 Å². The van der Waals surface area contributed by atoms with E-state index in [-0.39, 0.29) is 0 Å². The van der Waals surface area contributed by atoms with Crippen molar-refractivity contribution in [1.82, 2.24) is 4.98 Å². The summed E-state index contributed by atoms with van der Waals surface area (Å²) < 4.78 is 0. The third kappa shape index (κ3) is 5.04. The third-order valence-electron chi connectivity index (χ3n) is 3.31. The predicted molar refractivity (Wildman–Crippen MR) is 95.8 cm³/mol. The average Bonchev–Trinajstić information content (AvgIpc) is 2.63. The molecule has 0 unspecified atom stereocenters. The van der Waals surface area contributed by atoms with Crippen LogP contribution in [0.25, 0.3) is 11.1 Å². The van der Waals surface area contributed by atoms with E-state index in [4.69, 9.17) is 10.0 Å². The topological polar surface area (TPSA) is 93.8 Å². The summed E-state index contributed by atoms with van der Waals surface area (Å²) in [7, 11) is -2.83. The quantitative estimate of drug-likeness (QED) is 0.501. The van der Waals surface area contributed by atoms with Crippen molar-refractivity contribution in [3.8, 4) is 11.1 Å². The van der Waals surface area contributed by atoms with Gasteiger partial charge in [0.25, 0.3) is 0 Å². The van der Waals surface area contributed by atoms with E-state index in [1.807, 2.05) is 42.5 Å². The molecule has 0 aliphatic carbocycles. The van der Waals surface area contributed by atoms with Crippen molar-refractivity contribution >= 4 is 25.2 Å². The van der Waals surface area contributed by atoms with Gasteiger partial charge in [-0.05, 0) is 22.7 Å². The van der Waals surface area contributed by atoms with Crippen LogP contribution in [0.1, 0.15) is 0 Å². The lowest BCUT2D eigenvalue weighted by molar-refractivity contribution is 0.424. The van der Waals surface area contributed by atoms with Crippen LogP contribution in [0.4, 0.5) is 0 Å². The average molecular weight is 321 g/mol. The molecular weight excluding hydrogens is 304 g/mol. The Balaban J connectivity index is 0.000000198. The van der Waals surface area contributed by atoms with Crippen LogP contribution in [0.15, 0.2) is 79.1 Å². The van der Waals surface area contributed by atoms with Crippen LogP contribution in [-0.2, 0) is 0 Å². The Bertz CT molecular complexity index is 740. The van der Waals surface area contributed by atoms with E-state index in [0.717, 1.165) is 11.1 Å². The standard InChI is InChI=1S/C12H11BO2.C5H6BNO2/c14-13(15)12-9-5-4-8-11(12)10-6-2-1-3-7-10;8-6(9)5-2-1-3-7-4-5/h1-9,14-15H;1-4,8-9H. The second-order valence-corrected chi connectivity index (χ2v) is 4.99. The minimum atomic E-state index is -1.43. The van der Waals surface area contributed by atoms with E-state index < -0.39 is 14.2 Å². The zero-order valence-electron chi connectivity index (χ0n) is 12.9. The van der Waals surface area contributed by atoms with E-state index in [0.29, 0.717) is 10.9 Å². The molecule has 0 atom stereocenters. The first-order valence-electron chi connectivity index (χ1n) is 7.36. The molecule has 3 aromatic rings. The molecule has 5 nitrogen and oxygen atoms in total. The van der Waals surface area contributed by atoms with Crippen molar-refractivity contribution in [3.63, 3.8) is 0 Å². The maximum Gasteiger partial charge on any atom is 0.490 e. The van der Waals surface area contributed by atoms with Gasteiger partial charge in [-0.25, -0.2) is 0 Å². The molecule has 24 heavy (non-hydrogen) atoms. The Morgan fingerprint density at radius 3 is 1.88 bits per heavy atom. The fourth-order valence-corrected chi connectivity index (χ4v) is 2.13. The second-order valence-electron chi connectivity index (χ2n) is 4.99. The first-order valence-corrected chi connectivity index (χ1v) is 7.36. The van der Waals surface area contributed by atoms with E-state index in [2.05, 4.69) is 4.98 Å². The monoisotopic (exact) mass is 321 g/mol. The minimum Gasteiger partial charge on any atom is -0.423 e. The summed E-state index contributed by atoms with van der Waals surface area (Å²) in [5.41, 5.74) is 2.79. The number of hydrogen-bond acceptors (Lipinski definition) is 5. The van der Waals surface area contributed by atoms with Crippen LogP contribution in [0.5, 0.6) is 0 Å². The van der Waals surface area contributed by atoms with Crippen molar-refractivity contribution in [3.05, 3.63) is 79.1 Å². The molecule has 0 saturated carbocycles. The fourth-order valence-electron chi connectivity index (χ4n) is 2.13. The zero-order valence-corrected chi connectivity index (χ0v) is 12.9. The molecule has 120 valence electrons.